The number of carboxylic acid groups (broad SMARTS) is 1. The summed E-state index contributed by atoms with van der Waals surface area (Å²) in [7, 11) is 0. The molecule has 0 aliphatic heterocycles. The normalized spacial score (nSPS) is 14.4. The van der Waals surface area contributed by atoms with Crippen molar-refractivity contribution in [2.45, 2.75) is 64.1 Å². The molecule has 10 nitrogen and oxygen atoms in total. The lowest BCUT2D eigenvalue weighted by molar-refractivity contribution is -0.142. The number of hydrogen-bond acceptors (Lipinski definition) is 6. The van der Waals surface area contributed by atoms with Crippen molar-refractivity contribution in [2.24, 2.45) is 17.4 Å². The summed E-state index contributed by atoms with van der Waals surface area (Å²) in [4.78, 5) is 48.9. The molecule has 0 radical (unpaired) electrons. The van der Waals surface area contributed by atoms with Gasteiger partial charge >= 0.3 is 5.97 Å². The first-order valence-electron chi connectivity index (χ1n) is 11.3. The number of carbonyl (C=O) groups is 4. The van der Waals surface area contributed by atoms with Gasteiger partial charge in [0.1, 0.15) is 12.1 Å². The Hall–Kier alpha value is -2.98. The third-order valence-corrected chi connectivity index (χ3v) is 5.43. The van der Waals surface area contributed by atoms with Gasteiger partial charge in [0.25, 0.3) is 0 Å². The molecule has 0 heterocycles. The summed E-state index contributed by atoms with van der Waals surface area (Å²) < 4.78 is 0. The minimum absolute atomic E-state index is 0.245. The lowest BCUT2D eigenvalue weighted by Gasteiger charge is -2.25. The highest BCUT2D eigenvalue weighted by Gasteiger charge is 2.29. The van der Waals surface area contributed by atoms with E-state index >= 15 is 0 Å². The van der Waals surface area contributed by atoms with Crippen LogP contribution in [-0.4, -0.2) is 60.0 Å². The highest BCUT2D eigenvalue weighted by molar-refractivity contribution is 5.92. The van der Waals surface area contributed by atoms with Crippen molar-refractivity contribution in [1.29, 1.82) is 0 Å². The lowest BCUT2D eigenvalue weighted by Crippen LogP contribution is -2.55. The standard InChI is InChI=1S/C23H37N5O5/c1-3-15(2)20(22(31)27-18(23(32)33)11-7-8-12-24)28-19(29)14-26-21(30)17(25)13-16-9-5-4-6-10-16/h4-6,9-10,15,17-18,20H,3,7-8,11-14,24-25H2,1-2H3,(H,26,30)(H,27,31)(H,28,29)(H,32,33). The molecule has 0 saturated heterocycles. The van der Waals surface area contributed by atoms with Gasteiger partial charge in [-0.2, -0.15) is 0 Å². The number of hydrogen-bond donors (Lipinski definition) is 6. The largest absolute Gasteiger partial charge is 0.480 e. The number of amides is 3. The molecule has 8 N–H and O–H groups in total. The van der Waals surface area contributed by atoms with E-state index in [0.717, 1.165) is 5.56 Å². The summed E-state index contributed by atoms with van der Waals surface area (Å²) in [6, 6.07) is 6.45. The van der Waals surface area contributed by atoms with Gasteiger partial charge in [-0.25, -0.2) is 4.79 Å². The Labute approximate surface area is 194 Å². The monoisotopic (exact) mass is 463 g/mol. The Morgan fingerprint density at radius 2 is 1.70 bits per heavy atom. The first kappa shape index (κ1) is 28.1. The highest BCUT2D eigenvalue weighted by Crippen LogP contribution is 2.10. The summed E-state index contributed by atoms with van der Waals surface area (Å²) >= 11 is 0. The van der Waals surface area contributed by atoms with Crippen molar-refractivity contribution >= 4 is 23.7 Å². The zero-order valence-corrected chi connectivity index (χ0v) is 19.4. The van der Waals surface area contributed by atoms with Crippen LogP contribution in [0.2, 0.25) is 0 Å². The molecule has 1 aromatic carbocycles. The number of nitrogens with two attached hydrogens (primary N) is 2. The zero-order valence-electron chi connectivity index (χ0n) is 19.4. The fourth-order valence-electron chi connectivity index (χ4n) is 3.20. The van der Waals surface area contributed by atoms with Gasteiger partial charge in [0.15, 0.2) is 0 Å². The van der Waals surface area contributed by atoms with Gasteiger partial charge < -0.3 is 32.5 Å². The van der Waals surface area contributed by atoms with E-state index in [4.69, 9.17) is 11.5 Å². The molecule has 1 aromatic rings. The molecule has 0 spiro atoms. The number of carboxylic acids is 1. The van der Waals surface area contributed by atoms with Crippen LogP contribution in [0, 0.1) is 5.92 Å². The maximum Gasteiger partial charge on any atom is 0.326 e. The Kier molecular flexibility index (Phi) is 12.7. The average Bonchev–Trinajstić information content (AvgIpc) is 2.80. The predicted octanol–water partition coefficient (Wildman–Crippen LogP) is -0.0981. The lowest BCUT2D eigenvalue weighted by atomic mass is 9.97. The third-order valence-electron chi connectivity index (χ3n) is 5.43. The molecule has 0 bridgehead atoms. The molecule has 184 valence electrons. The molecular weight excluding hydrogens is 426 g/mol. The zero-order chi connectivity index (χ0) is 24.8. The summed E-state index contributed by atoms with van der Waals surface area (Å²) in [5, 5.41) is 17.0. The molecule has 3 amide bonds. The molecular formula is C23H37N5O5. The van der Waals surface area contributed by atoms with E-state index in [2.05, 4.69) is 16.0 Å². The summed E-state index contributed by atoms with van der Waals surface area (Å²) in [6.07, 6.45) is 2.36. The summed E-state index contributed by atoms with van der Waals surface area (Å²) in [6.45, 7) is 3.73. The third kappa shape index (κ3) is 10.5. The number of rotatable bonds is 15. The molecule has 1 rings (SSSR count). The van der Waals surface area contributed by atoms with Crippen molar-refractivity contribution in [1.82, 2.24) is 16.0 Å². The smallest absolute Gasteiger partial charge is 0.326 e. The van der Waals surface area contributed by atoms with Crippen LogP contribution in [0.5, 0.6) is 0 Å². The van der Waals surface area contributed by atoms with Gasteiger partial charge in [-0.15, -0.1) is 0 Å². The quantitative estimate of drug-likeness (QED) is 0.197. The van der Waals surface area contributed by atoms with E-state index in [-0.39, 0.29) is 18.9 Å². The average molecular weight is 464 g/mol. The molecule has 0 aliphatic carbocycles. The van der Waals surface area contributed by atoms with Gasteiger partial charge in [-0.05, 0) is 43.7 Å². The van der Waals surface area contributed by atoms with Gasteiger partial charge in [-0.3, -0.25) is 14.4 Å². The van der Waals surface area contributed by atoms with Crippen molar-refractivity contribution in [3.05, 3.63) is 35.9 Å². The number of benzene rings is 1. The van der Waals surface area contributed by atoms with Crippen molar-refractivity contribution in [3.63, 3.8) is 0 Å². The van der Waals surface area contributed by atoms with Crippen molar-refractivity contribution in [3.8, 4) is 0 Å². The number of unbranched alkanes of at least 4 members (excludes halogenated alkanes) is 1. The fraction of sp³-hybridized carbons (Fsp3) is 0.565. The van der Waals surface area contributed by atoms with Gasteiger partial charge in [0, 0.05) is 0 Å². The van der Waals surface area contributed by atoms with E-state index in [1.165, 1.54) is 0 Å². The SMILES string of the molecule is CCC(C)C(NC(=O)CNC(=O)C(N)Cc1ccccc1)C(=O)NC(CCCCN)C(=O)O. The van der Waals surface area contributed by atoms with Crippen LogP contribution in [0.4, 0.5) is 0 Å². The Morgan fingerprint density at radius 3 is 2.27 bits per heavy atom. The van der Waals surface area contributed by atoms with E-state index in [9.17, 15) is 24.3 Å². The maximum atomic E-state index is 12.8. The molecule has 0 fully saturated rings. The van der Waals surface area contributed by atoms with Crippen LogP contribution in [0.15, 0.2) is 30.3 Å². The summed E-state index contributed by atoms with van der Waals surface area (Å²) in [5.74, 6) is -3.02. The first-order valence-corrected chi connectivity index (χ1v) is 11.3. The van der Waals surface area contributed by atoms with E-state index < -0.39 is 41.8 Å². The molecule has 4 atom stereocenters. The first-order chi connectivity index (χ1) is 15.7. The molecule has 33 heavy (non-hydrogen) atoms. The minimum atomic E-state index is -1.14. The highest BCUT2D eigenvalue weighted by atomic mass is 16.4. The minimum Gasteiger partial charge on any atom is -0.480 e. The topological polar surface area (TPSA) is 177 Å². The van der Waals surface area contributed by atoms with Crippen LogP contribution in [0.1, 0.15) is 45.1 Å². The van der Waals surface area contributed by atoms with Gasteiger partial charge in [0.2, 0.25) is 17.7 Å². The Morgan fingerprint density at radius 1 is 1.03 bits per heavy atom. The summed E-state index contributed by atoms with van der Waals surface area (Å²) in [5.41, 5.74) is 12.3. The second-order valence-electron chi connectivity index (χ2n) is 8.13. The molecule has 0 aromatic heterocycles. The van der Waals surface area contributed by atoms with E-state index in [1.54, 1.807) is 6.92 Å². The predicted molar refractivity (Wildman–Crippen MR) is 125 cm³/mol. The van der Waals surface area contributed by atoms with Crippen LogP contribution in [-0.2, 0) is 25.6 Å². The Bertz CT molecular complexity index is 774. The van der Waals surface area contributed by atoms with Crippen molar-refractivity contribution < 1.29 is 24.3 Å². The number of aliphatic carboxylic acids is 1. The second-order valence-corrected chi connectivity index (χ2v) is 8.13. The molecule has 10 heteroatoms. The van der Waals surface area contributed by atoms with Gasteiger partial charge in [-0.1, -0.05) is 50.6 Å². The maximum absolute atomic E-state index is 12.8. The molecule has 4 unspecified atom stereocenters. The molecule has 0 aliphatic rings. The molecule has 0 saturated carbocycles. The van der Waals surface area contributed by atoms with Crippen LogP contribution >= 0.6 is 0 Å². The van der Waals surface area contributed by atoms with Crippen LogP contribution < -0.4 is 27.4 Å². The van der Waals surface area contributed by atoms with E-state index in [1.807, 2.05) is 37.3 Å². The van der Waals surface area contributed by atoms with E-state index in [0.29, 0.717) is 32.2 Å². The fourth-order valence-corrected chi connectivity index (χ4v) is 3.20. The van der Waals surface area contributed by atoms with Crippen LogP contribution in [0.25, 0.3) is 0 Å². The number of carbonyl (C=O) groups excluding carboxylic acids is 3. The Balaban J connectivity index is 2.64. The number of nitrogens with one attached hydrogen (secondary N) is 3. The van der Waals surface area contributed by atoms with Crippen LogP contribution in [0.3, 0.4) is 0 Å². The second kappa shape index (κ2) is 15.0. The van der Waals surface area contributed by atoms with Crippen molar-refractivity contribution in [2.75, 3.05) is 13.1 Å². The van der Waals surface area contributed by atoms with Gasteiger partial charge in [0.05, 0.1) is 12.6 Å².